The third-order valence-corrected chi connectivity index (χ3v) is 4.31. The van der Waals surface area contributed by atoms with E-state index in [4.69, 9.17) is 0 Å². The lowest BCUT2D eigenvalue weighted by Gasteiger charge is -2.53. The van der Waals surface area contributed by atoms with E-state index in [1.165, 1.54) is 43.8 Å². The molecule has 4 nitrogen and oxygen atoms in total. The standard InChI is InChI=1S/C11H23N3O/c1-12(2)11(15)10-14-7-4-13(3,5-8-14)6-9-14/h4-10H2,1-3H3/q+2. The van der Waals surface area contributed by atoms with Gasteiger partial charge in [0.2, 0.25) is 0 Å². The highest BCUT2D eigenvalue weighted by Crippen LogP contribution is 2.24. The Kier molecular flexibility index (Phi) is 2.51. The van der Waals surface area contributed by atoms with Crippen LogP contribution in [0.5, 0.6) is 0 Å². The maximum absolute atomic E-state index is 11.8. The molecule has 0 aliphatic carbocycles. The highest BCUT2D eigenvalue weighted by atomic mass is 16.2. The lowest BCUT2D eigenvalue weighted by atomic mass is 10.1. The molecule has 3 aliphatic rings. The molecular weight excluding hydrogens is 190 g/mol. The quantitative estimate of drug-likeness (QED) is 0.559. The van der Waals surface area contributed by atoms with Gasteiger partial charge in [-0.25, -0.2) is 0 Å². The molecular formula is C11H23N3O+2. The Morgan fingerprint density at radius 2 is 1.53 bits per heavy atom. The number of carbonyl (C=O) groups is 1. The van der Waals surface area contributed by atoms with Crippen molar-refractivity contribution in [1.82, 2.24) is 4.90 Å². The number of nitrogens with zero attached hydrogens (tertiary/aromatic N) is 3. The van der Waals surface area contributed by atoms with Crippen LogP contribution in [0, 0.1) is 0 Å². The van der Waals surface area contributed by atoms with E-state index >= 15 is 0 Å². The van der Waals surface area contributed by atoms with Crippen LogP contribution in [0.2, 0.25) is 0 Å². The zero-order chi connectivity index (χ0) is 11.1. The molecule has 0 saturated carbocycles. The van der Waals surface area contributed by atoms with E-state index in [0.29, 0.717) is 6.54 Å². The van der Waals surface area contributed by atoms with Gasteiger partial charge in [-0.3, -0.25) is 4.79 Å². The number of hydrogen-bond acceptors (Lipinski definition) is 1. The van der Waals surface area contributed by atoms with Crippen molar-refractivity contribution in [1.29, 1.82) is 0 Å². The fourth-order valence-corrected chi connectivity index (χ4v) is 2.70. The maximum Gasteiger partial charge on any atom is 0.277 e. The van der Waals surface area contributed by atoms with E-state index < -0.39 is 0 Å². The topological polar surface area (TPSA) is 20.3 Å². The molecule has 3 aliphatic heterocycles. The number of piperazine rings is 3. The van der Waals surface area contributed by atoms with E-state index in [2.05, 4.69) is 7.05 Å². The van der Waals surface area contributed by atoms with E-state index in [9.17, 15) is 4.79 Å². The summed E-state index contributed by atoms with van der Waals surface area (Å²) < 4.78 is 2.28. The van der Waals surface area contributed by atoms with Crippen LogP contribution >= 0.6 is 0 Å². The van der Waals surface area contributed by atoms with Crippen LogP contribution in [0.4, 0.5) is 0 Å². The first-order valence-corrected chi connectivity index (χ1v) is 5.84. The minimum Gasteiger partial charge on any atom is -0.344 e. The largest absolute Gasteiger partial charge is 0.344 e. The average Bonchev–Trinajstić information content (AvgIpc) is 2.20. The summed E-state index contributed by atoms with van der Waals surface area (Å²) >= 11 is 0. The fraction of sp³-hybridized carbons (Fsp3) is 0.909. The van der Waals surface area contributed by atoms with Gasteiger partial charge in [0, 0.05) is 14.1 Å². The van der Waals surface area contributed by atoms with E-state index in [1.807, 2.05) is 14.1 Å². The summed E-state index contributed by atoms with van der Waals surface area (Å²) in [5.41, 5.74) is 0. The SMILES string of the molecule is CN(C)C(=O)C[N+]12CC[N+](C)(CC1)CC2. The molecule has 0 aromatic carbocycles. The lowest BCUT2D eigenvalue weighted by Crippen LogP contribution is -2.74. The zero-order valence-electron chi connectivity index (χ0n) is 10.2. The first-order valence-electron chi connectivity index (χ1n) is 5.84. The monoisotopic (exact) mass is 213 g/mol. The summed E-state index contributed by atoms with van der Waals surface area (Å²) in [6, 6.07) is 0. The molecule has 86 valence electrons. The van der Waals surface area contributed by atoms with Gasteiger partial charge in [-0.1, -0.05) is 0 Å². The summed E-state index contributed by atoms with van der Waals surface area (Å²) in [6.45, 7) is 8.04. The van der Waals surface area contributed by atoms with Gasteiger partial charge in [0.25, 0.3) is 5.91 Å². The number of fused-ring (bicyclic) bond motifs is 3. The van der Waals surface area contributed by atoms with Crippen LogP contribution in [-0.2, 0) is 4.79 Å². The summed E-state index contributed by atoms with van der Waals surface area (Å²) in [6.07, 6.45) is 0. The molecule has 3 saturated heterocycles. The van der Waals surface area contributed by atoms with Crippen LogP contribution in [0.3, 0.4) is 0 Å². The van der Waals surface area contributed by atoms with Crippen LogP contribution < -0.4 is 0 Å². The van der Waals surface area contributed by atoms with Gasteiger partial charge in [-0.2, -0.15) is 0 Å². The summed E-state index contributed by atoms with van der Waals surface area (Å²) in [5, 5.41) is 0. The number of quaternary nitrogens is 2. The smallest absolute Gasteiger partial charge is 0.277 e. The third kappa shape index (κ3) is 2.01. The number of hydrogen-bond donors (Lipinski definition) is 0. The van der Waals surface area contributed by atoms with Gasteiger partial charge in [0.1, 0.15) is 39.3 Å². The first kappa shape index (κ1) is 10.9. The van der Waals surface area contributed by atoms with Crippen LogP contribution in [0.1, 0.15) is 0 Å². The third-order valence-electron chi connectivity index (χ3n) is 4.31. The number of rotatable bonds is 2. The second kappa shape index (κ2) is 3.46. The number of amides is 1. The van der Waals surface area contributed by atoms with Crippen LogP contribution in [0.15, 0.2) is 0 Å². The molecule has 0 aromatic heterocycles. The molecule has 3 fully saturated rings. The Bertz CT molecular complexity index is 250. The van der Waals surface area contributed by atoms with E-state index in [0.717, 1.165) is 4.48 Å². The Hall–Kier alpha value is -0.610. The van der Waals surface area contributed by atoms with Crippen molar-refractivity contribution < 1.29 is 13.8 Å². The Labute approximate surface area is 92.2 Å². The molecule has 4 heteroatoms. The van der Waals surface area contributed by atoms with Crippen molar-refractivity contribution in [3.8, 4) is 0 Å². The molecule has 0 aromatic rings. The molecule has 1 amide bonds. The fourth-order valence-electron chi connectivity index (χ4n) is 2.70. The molecule has 0 spiro atoms. The van der Waals surface area contributed by atoms with Gasteiger partial charge >= 0.3 is 0 Å². The average molecular weight is 213 g/mol. The summed E-state index contributed by atoms with van der Waals surface area (Å²) in [5.74, 6) is 0.285. The molecule has 0 atom stereocenters. The molecule has 2 bridgehead atoms. The highest BCUT2D eigenvalue weighted by Gasteiger charge is 2.47. The second-order valence-electron chi connectivity index (χ2n) is 5.75. The Balaban J connectivity index is 2.01. The van der Waals surface area contributed by atoms with E-state index in [1.54, 1.807) is 4.90 Å². The molecule has 3 rings (SSSR count). The van der Waals surface area contributed by atoms with Crippen molar-refractivity contribution in [3.05, 3.63) is 0 Å². The second-order valence-corrected chi connectivity index (χ2v) is 5.75. The minimum absolute atomic E-state index is 0.285. The van der Waals surface area contributed by atoms with Crippen molar-refractivity contribution in [2.45, 2.75) is 0 Å². The molecule has 0 radical (unpaired) electrons. The summed E-state index contributed by atoms with van der Waals surface area (Å²) in [4.78, 5) is 13.5. The van der Waals surface area contributed by atoms with Crippen molar-refractivity contribution in [3.63, 3.8) is 0 Å². The lowest BCUT2D eigenvalue weighted by molar-refractivity contribution is -1.07. The predicted molar refractivity (Wildman–Crippen MR) is 59.2 cm³/mol. The molecule has 0 N–H and O–H groups in total. The van der Waals surface area contributed by atoms with E-state index in [-0.39, 0.29) is 5.91 Å². The predicted octanol–water partition coefficient (Wildman–Crippen LogP) is -0.635. The van der Waals surface area contributed by atoms with Crippen molar-refractivity contribution >= 4 is 5.91 Å². The molecule has 0 unspecified atom stereocenters. The summed E-state index contributed by atoms with van der Waals surface area (Å²) in [7, 11) is 6.06. The van der Waals surface area contributed by atoms with Gasteiger partial charge in [-0.05, 0) is 0 Å². The number of likely N-dealkylation sites (N-methyl/N-ethyl adjacent to an activating group) is 2. The normalized spacial score (nSPS) is 39.1. The highest BCUT2D eigenvalue weighted by molar-refractivity contribution is 5.76. The van der Waals surface area contributed by atoms with Crippen LogP contribution in [0.25, 0.3) is 0 Å². The molecule has 3 heterocycles. The van der Waals surface area contributed by atoms with Crippen LogP contribution in [-0.4, -0.2) is 86.7 Å². The zero-order valence-corrected chi connectivity index (χ0v) is 10.2. The van der Waals surface area contributed by atoms with Crippen molar-refractivity contribution in [2.75, 3.05) is 67.0 Å². The van der Waals surface area contributed by atoms with Gasteiger partial charge in [0.05, 0.1) is 7.05 Å². The minimum atomic E-state index is 0.285. The maximum atomic E-state index is 11.8. The van der Waals surface area contributed by atoms with Gasteiger partial charge in [0.15, 0.2) is 6.54 Å². The van der Waals surface area contributed by atoms with Gasteiger partial charge < -0.3 is 13.9 Å². The first-order chi connectivity index (χ1) is 6.95. The molecule has 15 heavy (non-hydrogen) atoms. The number of carbonyl (C=O) groups excluding carboxylic acids is 1. The van der Waals surface area contributed by atoms with Crippen molar-refractivity contribution in [2.24, 2.45) is 0 Å². The Morgan fingerprint density at radius 3 is 1.93 bits per heavy atom. The van der Waals surface area contributed by atoms with Gasteiger partial charge in [-0.15, -0.1) is 0 Å². The Morgan fingerprint density at radius 1 is 1.07 bits per heavy atom.